The quantitative estimate of drug-likeness (QED) is 0.722. The van der Waals surface area contributed by atoms with Crippen molar-refractivity contribution in [3.63, 3.8) is 0 Å². The first-order valence-electron chi connectivity index (χ1n) is 7.67. The van der Waals surface area contributed by atoms with E-state index in [9.17, 15) is 0 Å². The molecule has 1 aromatic heterocycles. The van der Waals surface area contributed by atoms with Crippen molar-refractivity contribution in [3.8, 4) is 0 Å². The van der Waals surface area contributed by atoms with Gasteiger partial charge in [0, 0.05) is 19.1 Å². The fourth-order valence-electron chi connectivity index (χ4n) is 2.52. The smallest absolute Gasteiger partial charge is 0.160 e. The van der Waals surface area contributed by atoms with Gasteiger partial charge in [0.2, 0.25) is 0 Å². The molecule has 0 bridgehead atoms. The Morgan fingerprint density at radius 2 is 2.00 bits per heavy atom. The zero-order chi connectivity index (χ0) is 14.1. The van der Waals surface area contributed by atoms with E-state index < -0.39 is 0 Å². The van der Waals surface area contributed by atoms with Crippen molar-refractivity contribution in [3.05, 3.63) is 15.1 Å². The fraction of sp³-hybridized carbons (Fsp3) is 0.733. The van der Waals surface area contributed by atoms with Gasteiger partial charge in [0.15, 0.2) is 5.82 Å². The standard InChI is InChI=1S/C15H22IN3O/c1-3-17-14-11(16)12(9-5-6-9)18-15(19-14)13(20-4-2)10-7-8-10/h9-10,13H,3-8H2,1-2H3,(H,17,18,19). The number of aromatic nitrogens is 2. The Kier molecular flexibility index (Phi) is 4.45. The molecule has 1 N–H and O–H groups in total. The predicted octanol–water partition coefficient (Wildman–Crippen LogP) is 3.88. The molecule has 1 heterocycles. The van der Waals surface area contributed by atoms with Crippen molar-refractivity contribution in [1.29, 1.82) is 0 Å². The Morgan fingerprint density at radius 3 is 2.55 bits per heavy atom. The van der Waals surface area contributed by atoms with Gasteiger partial charge in [-0.15, -0.1) is 0 Å². The highest BCUT2D eigenvalue weighted by atomic mass is 127. The van der Waals surface area contributed by atoms with Crippen LogP contribution in [0.2, 0.25) is 0 Å². The van der Waals surface area contributed by atoms with E-state index in [-0.39, 0.29) is 6.10 Å². The van der Waals surface area contributed by atoms with Crippen molar-refractivity contribution >= 4 is 28.4 Å². The van der Waals surface area contributed by atoms with E-state index in [1.165, 1.54) is 34.9 Å². The summed E-state index contributed by atoms with van der Waals surface area (Å²) in [5, 5.41) is 3.38. The maximum Gasteiger partial charge on any atom is 0.160 e. The van der Waals surface area contributed by atoms with Crippen molar-refractivity contribution in [2.75, 3.05) is 18.5 Å². The van der Waals surface area contributed by atoms with Gasteiger partial charge in [-0.25, -0.2) is 9.97 Å². The molecule has 2 aliphatic carbocycles. The van der Waals surface area contributed by atoms with Crippen LogP contribution in [-0.4, -0.2) is 23.1 Å². The zero-order valence-electron chi connectivity index (χ0n) is 12.2. The Hall–Kier alpha value is -0.430. The average Bonchev–Trinajstić information content (AvgIpc) is 3.29. The van der Waals surface area contributed by atoms with Crippen LogP contribution < -0.4 is 5.32 Å². The van der Waals surface area contributed by atoms with Crippen molar-refractivity contribution in [1.82, 2.24) is 9.97 Å². The maximum absolute atomic E-state index is 5.92. The molecule has 2 aliphatic rings. The Balaban J connectivity index is 1.95. The van der Waals surface area contributed by atoms with Gasteiger partial charge in [-0.05, 0) is 68.0 Å². The van der Waals surface area contributed by atoms with Crippen LogP contribution in [0.25, 0.3) is 0 Å². The van der Waals surface area contributed by atoms with E-state index in [4.69, 9.17) is 14.7 Å². The summed E-state index contributed by atoms with van der Waals surface area (Å²) < 4.78 is 7.12. The third kappa shape index (κ3) is 3.08. The van der Waals surface area contributed by atoms with E-state index in [2.05, 4.69) is 41.8 Å². The molecule has 3 rings (SSSR count). The summed E-state index contributed by atoms with van der Waals surface area (Å²) in [6.07, 6.45) is 5.11. The van der Waals surface area contributed by atoms with Gasteiger partial charge >= 0.3 is 0 Å². The molecular weight excluding hydrogens is 365 g/mol. The van der Waals surface area contributed by atoms with Crippen molar-refractivity contribution in [2.45, 2.75) is 51.6 Å². The number of hydrogen-bond acceptors (Lipinski definition) is 4. The summed E-state index contributed by atoms with van der Waals surface area (Å²) >= 11 is 2.39. The first-order valence-corrected chi connectivity index (χ1v) is 8.75. The lowest BCUT2D eigenvalue weighted by molar-refractivity contribution is 0.0399. The first-order chi connectivity index (χ1) is 9.74. The van der Waals surface area contributed by atoms with Crippen LogP contribution >= 0.6 is 22.6 Å². The molecule has 1 atom stereocenters. The maximum atomic E-state index is 5.92. The second kappa shape index (κ2) is 6.13. The third-order valence-corrected chi connectivity index (χ3v) is 4.92. The summed E-state index contributed by atoms with van der Waals surface area (Å²) in [5.41, 5.74) is 1.23. The lowest BCUT2D eigenvalue weighted by Crippen LogP contribution is -2.15. The molecule has 1 unspecified atom stereocenters. The minimum Gasteiger partial charge on any atom is -0.370 e. The second-order valence-corrected chi connectivity index (χ2v) is 6.73. The number of anilines is 1. The molecule has 0 radical (unpaired) electrons. The molecule has 2 fully saturated rings. The minimum absolute atomic E-state index is 0.0897. The van der Waals surface area contributed by atoms with Gasteiger partial charge in [-0.2, -0.15) is 0 Å². The van der Waals surface area contributed by atoms with Crippen LogP contribution in [0.1, 0.15) is 63.1 Å². The molecule has 4 nitrogen and oxygen atoms in total. The monoisotopic (exact) mass is 387 g/mol. The van der Waals surface area contributed by atoms with E-state index >= 15 is 0 Å². The topological polar surface area (TPSA) is 47.0 Å². The number of halogens is 1. The molecular formula is C15H22IN3O. The molecule has 0 amide bonds. The Bertz CT molecular complexity index is 486. The molecule has 110 valence electrons. The predicted molar refractivity (Wildman–Crippen MR) is 88.0 cm³/mol. The SMILES string of the molecule is CCNc1nc(C(OCC)C2CC2)nc(C2CC2)c1I. The van der Waals surface area contributed by atoms with Crippen LogP contribution in [0, 0.1) is 9.49 Å². The highest BCUT2D eigenvalue weighted by Gasteiger charge is 2.37. The van der Waals surface area contributed by atoms with Gasteiger partial charge < -0.3 is 10.1 Å². The second-order valence-electron chi connectivity index (χ2n) is 5.65. The van der Waals surface area contributed by atoms with Crippen LogP contribution in [0.3, 0.4) is 0 Å². The van der Waals surface area contributed by atoms with Crippen molar-refractivity contribution in [2.24, 2.45) is 5.92 Å². The molecule has 0 aromatic carbocycles. The van der Waals surface area contributed by atoms with Gasteiger partial charge in [-0.1, -0.05) is 0 Å². The largest absolute Gasteiger partial charge is 0.370 e. The zero-order valence-corrected chi connectivity index (χ0v) is 14.3. The fourth-order valence-corrected chi connectivity index (χ4v) is 3.39. The minimum atomic E-state index is 0.0897. The highest BCUT2D eigenvalue weighted by molar-refractivity contribution is 14.1. The lowest BCUT2D eigenvalue weighted by Gasteiger charge is -2.18. The number of nitrogens with one attached hydrogen (secondary N) is 1. The summed E-state index contributed by atoms with van der Waals surface area (Å²) in [5.74, 6) is 3.15. The van der Waals surface area contributed by atoms with Crippen molar-refractivity contribution < 1.29 is 4.74 Å². The normalized spacial score (nSPS) is 19.9. The van der Waals surface area contributed by atoms with Gasteiger partial charge in [0.05, 0.1) is 9.26 Å². The van der Waals surface area contributed by atoms with Gasteiger partial charge in [-0.3, -0.25) is 0 Å². The summed E-state index contributed by atoms with van der Waals surface area (Å²) in [6, 6.07) is 0. The van der Waals surface area contributed by atoms with Crippen LogP contribution in [0.5, 0.6) is 0 Å². The number of hydrogen-bond donors (Lipinski definition) is 1. The lowest BCUT2D eigenvalue weighted by atomic mass is 10.2. The van der Waals surface area contributed by atoms with Gasteiger partial charge in [0.1, 0.15) is 11.9 Å². The summed E-state index contributed by atoms with van der Waals surface area (Å²) in [6.45, 7) is 5.77. The first kappa shape index (κ1) is 14.5. The number of nitrogens with zero attached hydrogens (tertiary/aromatic N) is 2. The van der Waals surface area contributed by atoms with Crippen LogP contribution in [0.15, 0.2) is 0 Å². The van der Waals surface area contributed by atoms with Gasteiger partial charge in [0.25, 0.3) is 0 Å². The van der Waals surface area contributed by atoms with E-state index in [1.54, 1.807) is 0 Å². The van der Waals surface area contributed by atoms with Crippen LogP contribution in [0.4, 0.5) is 5.82 Å². The highest BCUT2D eigenvalue weighted by Crippen LogP contribution is 2.45. The Labute approximate surface area is 134 Å². The van der Waals surface area contributed by atoms with E-state index in [1.807, 2.05) is 0 Å². The van der Waals surface area contributed by atoms with E-state index in [0.29, 0.717) is 11.8 Å². The molecule has 2 saturated carbocycles. The summed E-state index contributed by atoms with van der Waals surface area (Å²) in [7, 11) is 0. The molecule has 20 heavy (non-hydrogen) atoms. The number of rotatable bonds is 7. The molecule has 0 aliphatic heterocycles. The van der Waals surface area contributed by atoms with E-state index in [0.717, 1.165) is 24.8 Å². The average molecular weight is 387 g/mol. The molecule has 1 aromatic rings. The summed E-state index contributed by atoms with van der Waals surface area (Å²) in [4.78, 5) is 9.63. The van der Waals surface area contributed by atoms with Crippen LogP contribution in [-0.2, 0) is 4.74 Å². The molecule has 0 spiro atoms. The molecule has 0 saturated heterocycles. The Morgan fingerprint density at radius 1 is 1.25 bits per heavy atom. The third-order valence-electron chi connectivity index (χ3n) is 3.85. The number of ether oxygens (including phenoxy) is 1. The molecule has 5 heteroatoms.